The fourth-order valence-electron chi connectivity index (χ4n) is 0.822. The van der Waals surface area contributed by atoms with Crippen LogP contribution in [0.15, 0.2) is 12.7 Å². The lowest BCUT2D eigenvalue weighted by Gasteiger charge is -2.08. The number of rotatable bonds is 5. The number of nitrogens with one attached hydrogen (secondary N) is 2. The van der Waals surface area contributed by atoms with Crippen LogP contribution < -0.4 is 5.32 Å². The summed E-state index contributed by atoms with van der Waals surface area (Å²) < 4.78 is 0. The minimum Gasteiger partial charge on any atom is -0.348 e. The van der Waals surface area contributed by atoms with Crippen molar-refractivity contribution in [1.82, 2.24) is 25.9 Å². The molecular formula is C6H9N5O. The van der Waals surface area contributed by atoms with Crippen LogP contribution in [0.3, 0.4) is 0 Å². The Morgan fingerprint density at radius 2 is 2.58 bits per heavy atom. The molecule has 6 heteroatoms. The zero-order valence-corrected chi connectivity index (χ0v) is 6.40. The first kappa shape index (κ1) is 8.38. The lowest BCUT2D eigenvalue weighted by Crippen LogP contribution is -2.20. The normalized spacial score (nSPS) is 12.0. The minimum atomic E-state index is -0.213. The quantitative estimate of drug-likeness (QED) is 0.460. The Morgan fingerprint density at radius 1 is 1.75 bits per heavy atom. The van der Waals surface area contributed by atoms with Gasteiger partial charge in [0.25, 0.3) is 0 Å². The molecule has 1 atom stereocenters. The number of carbonyl (C=O) groups is 1. The zero-order chi connectivity index (χ0) is 8.81. The monoisotopic (exact) mass is 167 g/mol. The van der Waals surface area contributed by atoms with Crippen LogP contribution in [0.25, 0.3) is 0 Å². The SMILES string of the molecule is C=CC[C@H](NC=O)c1nnn[nH]1. The van der Waals surface area contributed by atoms with Gasteiger partial charge in [-0.05, 0) is 16.8 Å². The van der Waals surface area contributed by atoms with Gasteiger partial charge >= 0.3 is 0 Å². The number of tetrazole rings is 1. The van der Waals surface area contributed by atoms with Crippen LogP contribution >= 0.6 is 0 Å². The summed E-state index contributed by atoms with van der Waals surface area (Å²) in [6.45, 7) is 3.55. The molecule has 0 aliphatic rings. The molecule has 0 aliphatic heterocycles. The molecule has 0 spiro atoms. The topological polar surface area (TPSA) is 83.6 Å². The van der Waals surface area contributed by atoms with E-state index >= 15 is 0 Å². The van der Waals surface area contributed by atoms with Crippen molar-refractivity contribution in [2.45, 2.75) is 12.5 Å². The van der Waals surface area contributed by atoms with Crippen molar-refractivity contribution in [3.05, 3.63) is 18.5 Å². The van der Waals surface area contributed by atoms with E-state index in [0.29, 0.717) is 18.7 Å². The second-order valence-corrected chi connectivity index (χ2v) is 2.15. The maximum atomic E-state index is 10.2. The number of amides is 1. The van der Waals surface area contributed by atoms with Gasteiger partial charge in [0.1, 0.15) is 0 Å². The van der Waals surface area contributed by atoms with Gasteiger partial charge < -0.3 is 5.32 Å². The van der Waals surface area contributed by atoms with Crippen molar-refractivity contribution in [2.24, 2.45) is 0 Å². The van der Waals surface area contributed by atoms with Crippen LogP contribution in [0, 0.1) is 0 Å². The average Bonchev–Trinajstić information content (AvgIpc) is 2.56. The van der Waals surface area contributed by atoms with Gasteiger partial charge in [0, 0.05) is 0 Å². The van der Waals surface area contributed by atoms with Crippen molar-refractivity contribution in [2.75, 3.05) is 0 Å². The molecular weight excluding hydrogens is 158 g/mol. The van der Waals surface area contributed by atoms with Gasteiger partial charge in [0.05, 0.1) is 6.04 Å². The summed E-state index contributed by atoms with van der Waals surface area (Å²) in [6, 6.07) is -0.213. The first-order chi connectivity index (χ1) is 5.88. The van der Waals surface area contributed by atoms with Crippen molar-refractivity contribution >= 4 is 6.41 Å². The highest BCUT2D eigenvalue weighted by Crippen LogP contribution is 2.09. The maximum absolute atomic E-state index is 10.2. The molecule has 1 aromatic rings. The highest BCUT2D eigenvalue weighted by Gasteiger charge is 2.11. The largest absolute Gasteiger partial charge is 0.348 e. The van der Waals surface area contributed by atoms with Crippen molar-refractivity contribution in [3.63, 3.8) is 0 Å². The van der Waals surface area contributed by atoms with Gasteiger partial charge in [0.15, 0.2) is 5.82 Å². The van der Waals surface area contributed by atoms with Gasteiger partial charge in [-0.3, -0.25) is 4.79 Å². The number of aromatic amines is 1. The third-order valence-electron chi connectivity index (χ3n) is 1.36. The molecule has 64 valence electrons. The highest BCUT2D eigenvalue weighted by atomic mass is 16.1. The number of hydrogen-bond donors (Lipinski definition) is 2. The molecule has 1 amide bonds. The lowest BCUT2D eigenvalue weighted by molar-refractivity contribution is -0.110. The van der Waals surface area contributed by atoms with Crippen LogP contribution in [-0.2, 0) is 4.79 Å². The first-order valence-electron chi connectivity index (χ1n) is 3.42. The Kier molecular flexibility index (Phi) is 2.95. The van der Waals surface area contributed by atoms with Gasteiger partial charge in [-0.2, -0.15) is 0 Å². The second kappa shape index (κ2) is 4.22. The van der Waals surface area contributed by atoms with Gasteiger partial charge in [-0.25, -0.2) is 5.10 Å². The van der Waals surface area contributed by atoms with Crippen LogP contribution in [0.4, 0.5) is 0 Å². The Bertz CT molecular complexity index is 234. The summed E-state index contributed by atoms with van der Waals surface area (Å²) >= 11 is 0. The van der Waals surface area contributed by atoms with E-state index < -0.39 is 0 Å². The summed E-state index contributed by atoms with van der Waals surface area (Å²) in [5, 5.41) is 15.6. The number of nitrogens with zero attached hydrogens (tertiary/aromatic N) is 3. The summed E-state index contributed by atoms with van der Waals surface area (Å²) in [7, 11) is 0. The number of H-pyrrole nitrogens is 1. The standard InChI is InChI=1S/C6H9N5O/c1-2-3-5(7-4-12)6-8-10-11-9-6/h2,4-5H,1,3H2,(H,7,12)(H,8,9,10,11)/t5-/m0/s1. The number of hydrogen-bond acceptors (Lipinski definition) is 4. The molecule has 0 saturated heterocycles. The van der Waals surface area contributed by atoms with Crippen LogP contribution in [-0.4, -0.2) is 27.0 Å². The molecule has 0 aliphatic carbocycles. The van der Waals surface area contributed by atoms with Gasteiger partial charge in [0.2, 0.25) is 6.41 Å². The summed E-state index contributed by atoms with van der Waals surface area (Å²) in [4.78, 5) is 10.2. The highest BCUT2D eigenvalue weighted by molar-refractivity contribution is 5.47. The van der Waals surface area contributed by atoms with Gasteiger partial charge in [-0.15, -0.1) is 11.7 Å². The Balaban J connectivity index is 2.65. The predicted octanol–water partition coefficient (Wildman–Crippen LogP) is -0.437. The Hall–Kier alpha value is -1.72. The molecule has 0 aromatic carbocycles. The van der Waals surface area contributed by atoms with Crippen molar-refractivity contribution in [1.29, 1.82) is 0 Å². The molecule has 0 bridgehead atoms. The van der Waals surface area contributed by atoms with E-state index in [4.69, 9.17) is 0 Å². The fraction of sp³-hybridized carbons (Fsp3) is 0.333. The molecule has 1 rings (SSSR count). The third-order valence-corrected chi connectivity index (χ3v) is 1.36. The van der Waals surface area contributed by atoms with Crippen LogP contribution in [0.5, 0.6) is 0 Å². The Labute approximate surface area is 69.1 Å². The molecule has 0 saturated carbocycles. The third kappa shape index (κ3) is 1.88. The molecule has 1 aromatic heterocycles. The molecule has 2 N–H and O–H groups in total. The zero-order valence-electron chi connectivity index (χ0n) is 6.40. The van der Waals surface area contributed by atoms with Gasteiger partial charge in [-0.1, -0.05) is 6.08 Å². The van der Waals surface area contributed by atoms with E-state index in [1.165, 1.54) is 0 Å². The van der Waals surface area contributed by atoms with Crippen LogP contribution in [0.2, 0.25) is 0 Å². The maximum Gasteiger partial charge on any atom is 0.207 e. The van der Waals surface area contributed by atoms with E-state index in [1.807, 2.05) is 0 Å². The molecule has 6 nitrogen and oxygen atoms in total. The number of carbonyl (C=O) groups excluding carboxylic acids is 1. The molecule has 12 heavy (non-hydrogen) atoms. The molecule has 1 heterocycles. The van der Waals surface area contributed by atoms with Crippen LogP contribution in [0.1, 0.15) is 18.3 Å². The molecule has 0 radical (unpaired) electrons. The Morgan fingerprint density at radius 3 is 3.08 bits per heavy atom. The van der Waals surface area contributed by atoms with Crippen molar-refractivity contribution in [3.8, 4) is 0 Å². The number of aromatic nitrogens is 4. The predicted molar refractivity (Wildman–Crippen MR) is 40.9 cm³/mol. The molecule has 0 unspecified atom stereocenters. The summed E-state index contributed by atoms with van der Waals surface area (Å²) in [5.74, 6) is 0.530. The smallest absolute Gasteiger partial charge is 0.207 e. The average molecular weight is 167 g/mol. The van der Waals surface area contributed by atoms with E-state index in [0.717, 1.165) is 0 Å². The van der Waals surface area contributed by atoms with E-state index in [1.54, 1.807) is 6.08 Å². The first-order valence-corrected chi connectivity index (χ1v) is 3.42. The van der Waals surface area contributed by atoms with E-state index in [-0.39, 0.29) is 6.04 Å². The van der Waals surface area contributed by atoms with E-state index in [9.17, 15) is 4.79 Å². The second-order valence-electron chi connectivity index (χ2n) is 2.15. The molecule has 0 fully saturated rings. The lowest BCUT2D eigenvalue weighted by atomic mass is 10.2. The van der Waals surface area contributed by atoms with E-state index in [2.05, 4.69) is 32.5 Å². The minimum absolute atomic E-state index is 0.213. The fourth-order valence-corrected chi connectivity index (χ4v) is 0.822. The summed E-state index contributed by atoms with van der Waals surface area (Å²) in [6.07, 6.45) is 2.88. The van der Waals surface area contributed by atoms with Crippen molar-refractivity contribution < 1.29 is 4.79 Å². The summed E-state index contributed by atoms with van der Waals surface area (Å²) in [5.41, 5.74) is 0.